The fraction of sp³-hybridized carbons (Fsp3) is 0.552. The number of nitrogens with zero attached hydrogens (tertiary/aromatic N) is 2. The fourth-order valence-corrected chi connectivity index (χ4v) is 4.54. The lowest BCUT2D eigenvalue weighted by Crippen LogP contribution is -2.44. The van der Waals surface area contributed by atoms with E-state index in [0.29, 0.717) is 36.8 Å². The molecular formula is C29H41N3O7. The van der Waals surface area contributed by atoms with E-state index in [9.17, 15) is 14.4 Å². The number of esters is 1. The second-order valence-electron chi connectivity index (χ2n) is 10.7. The summed E-state index contributed by atoms with van der Waals surface area (Å²) < 4.78 is 21.0. The average molecular weight is 544 g/mol. The highest BCUT2D eigenvalue weighted by Crippen LogP contribution is 2.24. The van der Waals surface area contributed by atoms with Gasteiger partial charge in [-0.15, -0.1) is 0 Å². The van der Waals surface area contributed by atoms with Gasteiger partial charge in [-0.2, -0.15) is 0 Å². The molecule has 10 heteroatoms. The Morgan fingerprint density at radius 2 is 1.64 bits per heavy atom. The number of fused-ring (bicyclic) bond motifs is 1. The molecule has 10 nitrogen and oxygen atoms in total. The number of urea groups is 1. The number of benzene rings is 2. The van der Waals surface area contributed by atoms with Crippen molar-refractivity contribution in [3.05, 3.63) is 42.0 Å². The first kappa shape index (κ1) is 30.2. The Morgan fingerprint density at radius 1 is 1.00 bits per heavy atom. The van der Waals surface area contributed by atoms with Crippen LogP contribution < -0.4 is 5.32 Å². The van der Waals surface area contributed by atoms with Crippen molar-refractivity contribution >= 4 is 34.6 Å². The van der Waals surface area contributed by atoms with Crippen molar-refractivity contribution in [3.63, 3.8) is 0 Å². The van der Waals surface area contributed by atoms with Crippen molar-refractivity contribution in [1.82, 2.24) is 9.80 Å². The molecule has 3 rings (SSSR count). The number of rotatable bonds is 9. The number of carbonyl (C=O) groups excluding carboxylic acids is 3. The number of methoxy groups -OCH3 is 3. The number of amides is 3. The molecule has 0 aliphatic carbocycles. The highest BCUT2D eigenvalue weighted by Gasteiger charge is 2.28. The Bertz CT molecular complexity index is 1140. The van der Waals surface area contributed by atoms with E-state index in [1.165, 1.54) is 7.11 Å². The van der Waals surface area contributed by atoms with E-state index in [-0.39, 0.29) is 18.7 Å². The van der Waals surface area contributed by atoms with Crippen molar-refractivity contribution in [3.8, 4) is 0 Å². The smallest absolute Gasteiger partial charge is 0.410 e. The van der Waals surface area contributed by atoms with Crippen LogP contribution in [0.3, 0.4) is 0 Å². The molecule has 1 heterocycles. The number of anilines is 1. The van der Waals surface area contributed by atoms with Gasteiger partial charge < -0.3 is 34.1 Å². The molecule has 1 aliphatic heterocycles. The third kappa shape index (κ3) is 8.83. The van der Waals surface area contributed by atoms with Gasteiger partial charge in [-0.05, 0) is 81.0 Å². The quantitative estimate of drug-likeness (QED) is 0.346. The third-order valence-corrected chi connectivity index (χ3v) is 6.77. The molecule has 3 amide bonds. The lowest BCUT2D eigenvalue weighted by molar-refractivity contribution is -0.111. The first-order chi connectivity index (χ1) is 18.5. The summed E-state index contributed by atoms with van der Waals surface area (Å²) in [6, 6.07) is 10.5. The van der Waals surface area contributed by atoms with E-state index in [4.69, 9.17) is 18.9 Å². The molecule has 2 aromatic rings. The molecular weight excluding hydrogens is 502 g/mol. The van der Waals surface area contributed by atoms with Crippen molar-refractivity contribution in [2.24, 2.45) is 5.92 Å². The predicted octanol–water partition coefficient (Wildman–Crippen LogP) is 5.12. The summed E-state index contributed by atoms with van der Waals surface area (Å²) in [6.07, 6.45) is 1.67. The minimum absolute atomic E-state index is 0.258. The van der Waals surface area contributed by atoms with E-state index >= 15 is 0 Å². The molecule has 1 N–H and O–H groups in total. The normalized spacial score (nSPS) is 14.4. The number of carbonyl (C=O) groups is 3. The van der Waals surface area contributed by atoms with E-state index < -0.39 is 17.9 Å². The lowest BCUT2D eigenvalue weighted by Gasteiger charge is -2.34. The van der Waals surface area contributed by atoms with Crippen LogP contribution in [0.5, 0.6) is 0 Å². The monoisotopic (exact) mass is 543 g/mol. The van der Waals surface area contributed by atoms with Gasteiger partial charge in [0.15, 0.2) is 6.29 Å². The number of nitrogens with one attached hydrogen (secondary N) is 1. The summed E-state index contributed by atoms with van der Waals surface area (Å²) in [7, 11) is 4.44. The maximum absolute atomic E-state index is 13.3. The van der Waals surface area contributed by atoms with Crippen LogP contribution in [-0.2, 0) is 18.9 Å². The van der Waals surface area contributed by atoms with Gasteiger partial charge in [-0.25, -0.2) is 14.4 Å². The third-order valence-electron chi connectivity index (χ3n) is 6.77. The molecule has 0 aromatic heterocycles. The van der Waals surface area contributed by atoms with Crippen LogP contribution in [0.15, 0.2) is 36.4 Å². The summed E-state index contributed by atoms with van der Waals surface area (Å²) in [6.45, 7) is 7.66. The molecule has 0 bridgehead atoms. The van der Waals surface area contributed by atoms with Crippen LogP contribution in [0, 0.1) is 5.92 Å². The van der Waals surface area contributed by atoms with E-state index in [2.05, 4.69) is 5.32 Å². The van der Waals surface area contributed by atoms with Gasteiger partial charge in [0.1, 0.15) is 5.60 Å². The van der Waals surface area contributed by atoms with Crippen molar-refractivity contribution < 1.29 is 33.3 Å². The first-order valence-electron chi connectivity index (χ1n) is 13.2. The van der Waals surface area contributed by atoms with Crippen LogP contribution in [0.1, 0.15) is 50.4 Å². The summed E-state index contributed by atoms with van der Waals surface area (Å²) in [4.78, 5) is 41.0. The topological polar surface area (TPSA) is 107 Å². The molecule has 1 saturated heterocycles. The molecule has 0 unspecified atom stereocenters. The summed E-state index contributed by atoms with van der Waals surface area (Å²) in [5, 5.41) is 4.73. The number of hydrogen-bond donors (Lipinski definition) is 1. The van der Waals surface area contributed by atoms with Crippen LogP contribution >= 0.6 is 0 Å². The van der Waals surface area contributed by atoms with Crippen LogP contribution in [0.25, 0.3) is 10.8 Å². The standard InChI is InChI=1S/C29H41N3O7/c1-29(2,3)39-28(35)31-14-11-20(12-15-31)13-16-32(19-25(36-4)37-5)27(34)30-24-10-9-21-17-23(26(33)38-6)8-7-22(21)18-24/h7-10,17-18,20,25H,11-16,19H2,1-6H3,(H,30,34). The molecule has 2 aromatic carbocycles. The molecule has 0 saturated carbocycles. The fourth-order valence-electron chi connectivity index (χ4n) is 4.54. The van der Waals surface area contributed by atoms with Gasteiger partial charge >= 0.3 is 18.1 Å². The maximum atomic E-state index is 13.3. The summed E-state index contributed by atoms with van der Waals surface area (Å²) in [5.74, 6) is -0.0153. The lowest BCUT2D eigenvalue weighted by atomic mass is 9.93. The van der Waals surface area contributed by atoms with Gasteiger partial charge in [0.2, 0.25) is 0 Å². The molecule has 39 heavy (non-hydrogen) atoms. The minimum atomic E-state index is -0.557. The highest BCUT2D eigenvalue weighted by atomic mass is 16.7. The SMILES string of the molecule is COC(=O)c1ccc2cc(NC(=O)N(CCC3CCN(C(=O)OC(C)(C)C)CC3)CC(OC)OC)ccc2c1. The highest BCUT2D eigenvalue weighted by molar-refractivity contribution is 5.97. The second kappa shape index (κ2) is 13.6. The maximum Gasteiger partial charge on any atom is 0.410 e. The Morgan fingerprint density at radius 3 is 2.26 bits per heavy atom. The van der Waals surface area contributed by atoms with Crippen LogP contribution in [0.4, 0.5) is 15.3 Å². The number of likely N-dealkylation sites (tertiary alicyclic amines) is 1. The number of hydrogen-bond acceptors (Lipinski definition) is 7. The van der Waals surface area contributed by atoms with Crippen molar-refractivity contribution in [1.29, 1.82) is 0 Å². The summed E-state index contributed by atoms with van der Waals surface area (Å²) >= 11 is 0. The largest absolute Gasteiger partial charge is 0.465 e. The zero-order chi connectivity index (χ0) is 28.6. The molecule has 1 fully saturated rings. The Kier molecular flexibility index (Phi) is 10.5. The van der Waals surface area contributed by atoms with Gasteiger partial charge in [0.25, 0.3) is 0 Å². The molecule has 0 atom stereocenters. The van der Waals surface area contributed by atoms with Gasteiger partial charge in [0, 0.05) is 39.5 Å². The van der Waals surface area contributed by atoms with Gasteiger partial charge in [-0.3, -0.25) is 0 Å². The Balaban J connectivity index is 1.62. The van der Waals surface area contributed by atoms with Gasteiger partial charge in [0.05, 0.1) is 19.2 Å². The Hall–Kier alpha value is -3.37. The average Bonchev–Trinajstić information content (AvgIpc) is 2.91. The van der Waals surface area contributed by atoms with E-state index in [0.717, 1.165) is 30.0 Å². The molecule has 0 spiro atoms. The minimum Gasteiger partial charge on any atom is -0.465 e. The molecule has 1 aliphatic rings. The first-order valence-corrected chi connectivity index (χ1v) is 13.2. The van der Waals surface area contributed by atoms with Crippen molar-refractivity contribution in [2.45, 2.75) is 51.9 Å². The zero-order valence-corrected chi connectivity index (χ0v) is 23.8. The van der Waals surface area contributed by atoms with Gasteiger partial charge in [-0.1, -0.05) is 12.1 Å². The number of ether oxygens (including phenoxy) is 4. The predicted molar refractivity (Wildman–Crippen MR) is 149 cm³/mol. The van der Waals surface area contributed by atoms with E-state index in [1.54, 1.807) is 42.2 Å². The zero-order valence-electron chi connectivity index (χ0n) is 23.8. The molecule has 0 radical (unpaired) electrons. The van der Waals surface area contributed by atoms with Crippen LogP contribution in [-0.4, -0.2) is 87.3 Å². The Labute approximate surface area is 230 Å². The molecule has 214 valence electrons. The van der Waals surface area contributed by atoms with Crippen LogP contribution in [0.2, 0.25) is 0 Å². The second-order valence-corrected chi connectivity index (χ2v) is 10.7. The van der Waals surface area contributed by atoms with Crippen molar-refractivity contribution in [2.75, 3.05) is 52.8 Å². The van der Waals surface area contributed by atoms with E-state index in [1.807, 2.05) is 39.0 Å². The summed E-state index contributed by atoms with van der Waals surface area (Å²) in [5.41, 5.74) is 0.591. The number of piperidine rings is 1.